The van der Waals surface area contributed by atoms with E-state index in [1.54, 1.807) is 36.4 Å². The van der Waals surface area contributed by atoms with Gasteiger partial charge in [-0.3, -0.25) is 0 Å². The third-order valence-corrected chi connectivity index (χ3v) is 7.65. The van der Waals surface area contributed by atoms with Gasteiger partial charge < -0.3 is 39.7 Å². The fourth-order valence-corrected chi connectivity index (χ4v) is 5.26. The standard InChI is InChI=1S/C26H26O6.C13H11NO3/c1-14(2)6-11-17-22-18(12-13-26(3,4)32-22)24-20(23(17)30-5)21(28)19(25(29)31-24)15-7-9-16(27)10-8-15;14-9-6-7-11(12(15)8-9)13(16)17-10-4-2-1-3-5-10/h6-10,12-13,27-28H,11H2,1-5H3;1-8,15H,14H2. The Bertz CT molecular complexity index is 2140. The van der Waals surface area contributed by atoms with Gasteiger partial charge in [0.05, 0.1) is 12.7 Å². The normalized spacial score (nSPS) is 12.6. The number of carbonyl (C=O) groups is 1. The minimum absolute atomic E-state index is 0.00458. The van der Waals surface area contributed by atoms with Crippen LogP contribution in [0.15, 0.2) is 99.7 Å². The van der Waals surface area contributed by atoms with Crippen molar-refractivity contribution in [2.45, 2.75) is 39.7 Å². The maximum atomic E-state index is 12.9. The number of anilines is 1. The molecule has 0 aliphatic carbocycles. The lowest BCUT2D eigenvalue weighted by atomic mass is 9.93. The number of carbonyl (C=O) groups excluding carboxylic acids is 1. The molecule has 10 nitrogen and oxygen atoms in total. The average molecular weight is 664 g/mol. The highest BCUT2D eigenvalue weighted by Gasteiger charge is 2.32. The minimum atomic E-state index is -0.694. The molecule has 49 heavy (non-hydrogen) atoms. The lowest BCUT2D eigenvalue weighted by Crippen LogP contribution is -2.28. The van der Waals surface area contributed by atoms with Crippen LogP contribution in [0, 0.1) is 0 Å². The Morgan fingerprint density at radius 1 is 0.980 bits per heavy atom. The van der Waals surface area contributed by atoms with Crippen molar-refractivity contribution < 1.29 is 38.7 Å². The summed E-state index contributed by atoms with van der Waals surface area (Å²) >= 11 is 0. The molecule has 10 heteroatoms. The molecule has 0 fully saturated rings. The summed E-state index contributed by atoms with van der Waals surface area (Å²) in [5, 5.41) is 30.8. The second-order valence-corrected chi connectivity index (χ2v) is 12.1. The molecule has 252 valence electrons. The number of hydrogen-bond acceptors (Lipinski definition) is 10. The van der Waals surface area contributed by atoms with E-state index in [0.717, 1.165) is 11.1 Å². The van der Waals surface area contributed by atoms with Crippen LogP contribution in [0.2, 0.25) is 0 Å². The number of benzene rings is 4. The predicted molar refractivity (Wildman–Crippen MR) is 189 cm³/mol. The monoisotopic (exact) mass is 663 g/mol. The third kappa shape index (κ3) is 7.38. The SMILES string of the molecule is COc1c(CC=C(C)C)c2c(c3oc(=O)c(-c4ccc(O)cc4)c(O)c13)C=CC(C)(C)O2.Nc1ccc(C(=O)Oc2ccccc2)c(O)c1. The van der Waals surface area contributed by atoms with E-state index < -0.39 is 17.2 Å². The molecule has 0 saturated heterocycles. The fraction of sp³-hybridized carbons (Fsp3) is 0.179. The van der Waals surface area contributed by atoms with E-state index in [4.69, 9.17) is 24.4 Å². The average Bonchev–Trinajstić information content (AvgIpc) is 3.04. The summed E-state index contributed by atoms with van der Waals surface area (Å²) in [5.74, 6) is 0.397. The Kier molecular flexibility index (Phi) is 9.70. The van der Waals surface area contributed by atoms with Gasteiger partial charge in [-0.15, -0.1) is 0 Å². The van der Waals surface area contributed by atoms with Crippen molar-refractivity contribution in [2.24, 2.45) is 0 Å². The van der Waals surface area contributed by atoms with Gasteiger partial charge in [0, 0.05) is 17.3 Å². The van der Waals surface area contributed by atoms with Crippen LogP contribution >= 0.6 is 0 Å². The minimum Gasteiger partial charge on any atom is -0.508 e. The summed E-state index contributed by atoms with van der Waals surface area (Å²) in [6.45, 7) is 7.89. The van der Waals surface area contributed by atoms with Crippen molar-refractivity contribution in [3.8, 4) is 45.6 Å². The molecule has 1 aromatic heterocycles. The molecule has 0 bridgehead atoms. The number of phenols is 2. The van der Waals surface area contributed by atoms with E-state index in [1.165, 1.54) is 37.4 Å². The van der Waals surface area contributed by atoms with Crippen molar-refractivity contribution in [1.82, 2.24) is 0 Å². The first-order valence-corrected chi connectivity index (χ1v) is 15.4. The number of para-hydroxylation sites is 1. The zero-order chi connectivity index (χ0) is 35.5. The maximum absolute atomic E-state index is 12.9. The Morgan fingerprint density at radius 3 is 2.31 bits per heavy atom. The molecule has 5 aromatic rings. The first-order chi connectivity index (χ1) is 23.3. The summed E-state index contributed by atoms with van der Waals surface area (Å²) in [5.41, 5.74) is 7.79. The van der Waals surface area contributed by atoms with Crippen molar-refractivity contribution in [3.63, 3.8) is 0 Å². The summed E-state index contributed by atoms with van der Waals surface area (Å²) < 4.78 is 22.9. The zero-order valence-corrected chi connectivity index (χ0v) is 27.7. The number of aromatic hydroxyl groups is 3. The van der Waals surface area contributed by atoms with Crippen LogP contribution in [0.5, 0.6) is 34.5 Å². The topological polar surface area (TPSA) is 162 Å². The van der Waals surface area contributed by atoms with Crippen molar-refractivity contribution in [3.05, 3.63) is 118 Å². The number of esters is 1. The third-order valence-electron chi connectivity index (χ3n) is 7.65. The summed E-state index contributed by atoms with van der Waals surface area (Å²) in [6.07, 6.45) is 6.31. The van der Waals surface area contributed by atoms with Crippen LogP contribution in [-0.2, 0) is 6.42 Å². The molecule has 5 N–H and O–H groups in total. The van der Waals surface area contributed by atoms with Gasteiger partial charge in [-0.1, -0.05) is 42.0 Å². The molecule has 2 heterocycles. The highest BCUT2D eigenvalue weighted by molar-refractivity contribution is 6.02. The number of fused-ring (bicyclic) bond motifs is 3. The zero-order valence-electron chi connectivity index (χ0n) is 27.7. The molecule has 1 aliphatic heterocycles. The van der Waals surface area contributed by atoms with E-state index >= 15 is 0 Å². The Labute approximate surface area is 282 Å². The van der Waals surface area contributed by atoms with Crippen LogP contribution < -0.4 is 25.6 Å². The first-order valence-electron chi connectivity index (χ1n) is 15.4. The highest BCUT2D eigenvalue weighted by Crippen LogP contribution is 2.49. The molecule has 0 saturated carbocycles. The quantitative estimate of drug-likeness (QED) is 0.0464. The van der Waals surface area contributed by atoms with Gasteiger partial charge in [0.25, 0.3) is 0 Å². The number of phenolic OH excluding ortho intramolecular Hbond substituents is 2. The van der Waals surface area contributed by atoms with Gasteiger partial charge in [-0.05, 0) is 88.2 Å². The number of methoxy groups -OCH3 is 1. The maximum Gasteiger partial charge on any atom is 0.348 e. The molecular formula is C39H37NO9. The molecule has 0 unspecified atom stereocenters. The van der Waals surface area contributed by atoms with E-state index in [9.17, 15) is 24.9 Å². The summed E-state index contributed by atoms with van der Waals surface area (Å²) in [6, 6.07) is 18.9. The number of nitrogens with two attached hydrogens (primary N) is 1. The number of rotatable bonds is 6. The molecule has 0 spiro atoms. The van der Waals surface area contributed by atoms with Crippen molar-refractivity contribution in [1.29, 1.82) is 0 Å². The Morgan fingerprint density at radius 2 is 1.67 bits per heavy atom. The van der Waals surface area contributed by atoms with Crippen molar-refractivity contribution in [2.75, 3.05) is 12.8 Å². The summed E-state index contributed by atoms with van der Waals surface area (Å²) in [4.78, 5) is 24.7. The molecular weight excluding hydrogens is 626 g/mol. The smallest absolute Gasteiger partial charge is 0.348 e. The highest BCUT2D eigenvalue weighted by atomic mass is 16.5. The van der Waals surface area contributed by atoms with Crippen LogP contribution in [0.25, 0.3) is 28.2 Å². The Hall–Kier alpha value is -6.16. The second kappa shape index (κ2) is 13.9. The van der Waals surface area contributed by atoms with Crippen LogP contribution in [0.1, 0.15) is 49.2 Å². The predicted octanol–water partition coefficient (Wildman–Crippen LogP) is 7.77. The molecule has 1 aliphatic rings. The molecule has 0 radical (unpaired) electrons. The van der Waals surface area contributed by atoms with E-state index in [0.29, 0.717) is 45.9 Å². The van der Waals surface area contributed by atoms with Crippen LogP contribution in [0.3, 0.4) is 0 Å². The van der Waals surface area contributed by atoms with Crippen LogP contribution in [-0.4, -0.2) is 34.0 Å². The first kappa shape index (κ1) is 34.2. The molecule has 0 amide bonds. The van der Waals surface area contributed by atoms with Crippen molar-refractivity contribution >= 4 is 28.7 Å². The fourth-order valence-electron chi connectivity index (χ4n) is 5.26. The van der Waals surface area contributed by atoms with Crippen LogP contribution in [0.4, 0.5) is 5.69 Å². The largest absolute Gasteiger partial charge is 0.508 e. The molecule has 4 aromatic carbocycles. The van der Waals surface area contributed by atoms with E-state index in [1.807, 2.05) is 45.9 Å². The summed E-state index contributed by atoms with van der Waals surface area (Å²) in [7, 11) is 1.52. The van der Waals surface area contributed by atoms with Gasteiger partial charge >= 0.3 is 11.6 Å². The second-order valence-electron chi connectivity index (χ2n) is 12.1. The van der Waals surface area contributed by atoms with E-state index in [-0.39, 0.29) is 34.0 Å². The number of hydrogen-bond donors (Lipinski definition) is 4. The number of ether oxygens (including phenoxy) is 3. The van der Waals surface area contributed by atoms with Gasteiger partial charge in [0.2, 0.25) is 0 Å². The van der Waals surface area contributed by atoms with Gasteiger partial charge in [-0.25, -0.2) is 9.59 Å². The number of allylic oxidation sites excluding steroid dienone is 2. The molecule has 0 atom stereocenters. The molecule has 6 rings (SSSR count). The Balaban J connectivity index is 0.000000232. The lowest BCUT2D eigenvalue weighted by Gasteiger charge is -2.31. The van der Waals surface area contributed by atoms with Gasteiger partial charge in [0.15, 0.2) is 5.58 Å². The lowest BCUT2D eigenvalue weighted by molar-refractivity contribution is 0.0731. The van der Waals surface area contributed by atoms with Gasteiger partial charge in [-0.2, -0.15) is 0 Å². The van der Waals surface area contributed by atoms with Gasteiger partial charge in [0.1, 0.15) is 56.6 Å². The van der Waals surface area contributed by atoms with E-state index in [2.05, 4.69) is 6.08 Å². The number of nitrogen functional groups attached to an aromatic ring is 1.